The highest BCUT2D eigenvalue weighted by Crippen LogP contribution is 2.25. The Balaban J connectivity index is 2.17. The number of benzene rings is 2. The second-order valence-corrected chi connectivity index (χ2v) is 4.50. The van der Waals surface area contributed by atoms with Crippen molar-refractivity contribution in [3.05, 3.63) is 60.3 Å². The van der Waals surface area contributed by atoms with E-state index in [-0.39, 0.29) is 5.56 Å². The molecule has 0 unspecified atom stereocenters. The van der Waals surface area contributed by atoms with Gasteiger partial charge in [0.25, 0.3) is 5.91 Å². The summed E-state index contributed by atoms with van der Waals surface area (Å²) in [6.07, 6.45) is 1.92. The maximum absolute atomic E-state index is 11.7. The monoisotopic (exact) mass is 281 g/mol. The van der Waals surface area contributed by atoms with Gasteiger partial charge in [0, 0.05) is 17.3 Å². The van der Waals surface area contributed by atoms with Crippen LogP contribution in [0.15, 0.2) is 48.7 Å². The molecule has 0 spiro atoms. The van der Waals surface area contributed by atoms with Gasteiger partial charge in [-0.1, -0.05) is 6.07 Å². The number of hydrogen-bond donors (Lipinski definition) is 2. The van der Waals surface area contributed by atoms with Gasteiger partial charge in [0.2, 0.25) is 0 Å². The molecule has 2 N–H and O–H groups in total. The van der Waals surface area contributed by atoms with Crippen LogP contribution in [-0.4, -0.2) is 22.8 Å². The number of hydrogen-bond acceptors (Lipinski definition) is 3. The lowest BCUT2D eigenvalue weighted by Crippen LogP contribution is -2.19. The number of carbonyl (C=O) groups is 1. The molecule has 3 rings (SSSR count). The zero-order chi connectivity index (χ0) is 14.8. The van der Waals surface area contributed by atoms with E-state index in [9.17, 15) is 4.79 Å². The molecule has 0 atom stereocenters. The van der Waals surface area contributed by atoms with E-state index >= 15 is 0 Å². The summed E-state index contributed by atoms with van der Waals surface area (Å²) in [5.74, 6) is -0.214. The van der Waals surface area contributed by atoms with Gasteiger partial charge >= 0.3 is 0 Å². The third kappa shape index (κ3) is 2.23. The average molecular weight is 281 g/mol. The summed E-state index contributed by atoms with van der Waals surface area (Å²) >= 11 is 0. The molecular formula is C16H13N2O3. The molecule has 0 fully saturated rings. The number of nitrogens with zero attached hydrogens (tertiary/aromatic N) is 1. The zero-order valence-electron chi connectivity index (χ0n) is 11.3. The van der Waals surface area contributed by atoms with Crippen molar-refractivity contribution >= 4 is 16.8 Å². The first kappa shape index (κ1) is 13.2. The second-order valence-electron chi connectivity index (χ2n) is 4.50. The minimum absolute atomic E-state index is 0.266. The predicted octanol–water partition coefficient (Wildman–Crippen LogP) is 2.56. The van der Waals surface area contributed by atoms with Crippen molar-refractivity contribution in [3.63, 3.8) is 0 Å². The predicted molar refractivity (Wildman–Crippen MR) is 77.9 cm³/mol. The smallest absolute Gasteiger partial charge is 0.278 e. The summed E-state index contributed by atoms with van der Waals surface area (Å²) < 4.78 is 7.10. The van der Waals surface area contributed by atoms with Crippen molar-refractivity contribution in [1.82, 2.24) is 10.0 Å². The number of amides is 1. The van der Waals surface area contributed by atoms with Crippen molar-refractivity contribution in [3.8, 4) is 11.4 Å². The Morgan fingerprint density at radius 1 is 1.33 bits per heavy atom. The van der Waals surface area contributed by atoms with Crippen LogP contribution in [0.5, 0.6) is 5.75 Å². The lowest BCUT2D eigenvalue weighted by molar-refractivity contribution is 0.0703. The molecular weight excluding hydrogens is 268 g/mol. The molecule has 5 heteroatoms. The highest BCUT2D eigenvalue weighted by Gasteiger charge is 2.13. The van der Waals surface area contributed by atoms with E-state index in [0.29, 0.717) is 5.75 Å². The van der Waals surface area contributed by atoms with Crippen LogP contribution in [0.25, 0.3) is 16.6 Å². The van der Waals surface area contributed by atoms with Gasteiger partial charge in [0.05, 0.1) is 18.2 Å². The Bertz CT molecular complexity index is 808. The van der Waals surface area contributed by atoms with Gasteiger partial charge in [-0.05, 0) is 42.5 Å². The van der Waals surface area contributed by atoms with Crippen LogP contribution in [0, 0.1) is 6.07 Å². The average Bonchev–Trinajstić information content (AvgIpc) is 2.97. The van der Waals surface area contributed by atoms with Crippen LogP contribution < -0.4 is 10.2 Å². The van der Waals surface area contributed by atoms with Crippen molar-refractivity contribution in [2.24, 2.45) is 0 Å². The highest BCUT2D eigenvalue weighted by molar-refractivity contribution is 5.97. The minimum atomic E-state index is -0.613. The molecule has 3 aromatic rings. The Morgan fingerprint density at radius 3 is 2.95 bits per heavy atom. The number of fused-ring (bicyclic) bond motifs is 1. The van der Waals surface area contributed by atoms with Crippen molar-refractivity contribution in [1.29, 1.82) is 0 Å². The molecule has 0 aliphatic carbocycles. The first-order valence-electron chi connectivity index (χ1n) is 6.34. The minimum Gasteiger partial charge on any atom is -0.496 e. The molecule has 5 nitrogen and oxygen atoms in total. The number of rotatable bonds is 3. The lowest BCUT2D eigenvalue weighted by Gasteiger charge is -2.11. The number of aromatic nitrogens is 1. The van der Waals surface area contributed by atoms with E-state index < -0.39 is 5.91 Å². The molecule has 0 aliphatic rings. The number of methoxy groups -OCH3 is 1. The summed E-state index contributed by atoms with van der Waals surface area (Å²) in [5, 5.41) is 9.89. The van der Waals surface area contributed by atoms with Gasteiger partial charge in [-0.3, -0.25) is 10.0 Å². The third-order valence-corrected chi connectivity index (χ3v) is 3.34. The Kier molecular flexibility index (Phi) is 3.33. The number of carbonyl (C=O) groups excluding carboxylic acids is 1. The van der Waals surface area contributed by atoms with E-state index in [1.54, 1.807) is 17.6 Å². The van der Waals surface area contributed by atoms with Gasteiger partial charge in [-0.15, -0.1) is 0 Å². The van der Waals surface area contributed by atoms with Gasteiger partial charge in [0.15, 0.2) is 0 Å². The van der Waals surface area contributed by atoms with Gasteiger partial charge < -0.3 is 9.30 Å². The zero-order valence-corrected chi connectivity index (χ0v) is 11.3. The standard InChI is InChI=1S/C16H13N2O3/c1-21-15-7-6-12(10-13(15)16(19)17-20)18-9-8-11-4-2-3-5-14(11)18/h3-10,20H,1H3,(H,17,19). The first-order chi connectivity index (χ1) is 10.2. The quantitative estimate of drug-likeness (QED) is 0.573. The van der Waals surface area contributed by atoms with Crippen LogP contribution >= 0.6 is 0 Å². The van der Waals surface area contributed by atoms with Crippen LogP contribution in [-0.2, 0) is 0 Å². The third-order valence-electron chi connectivity index (χ3n) is 3.34. The molecule has 21 heavy (non-hydrogen) atoms. The maximum atomic E-state index is 11.7. The van der Waals surface area contributed by atoms with Crippen molar-refractivity contribution < 1.29 is 14.7 Å². The van der Waals surface area contributed by atoms with Crippen LogP contribution in [0.1, 0.15) is 10.4 Å². The SMILES string of the molecule is COc1ccc(-n2ccc3c[c]ccc32)cc1C(=O)NO. The van der Waals surface area contributed by atoms with Crippen LogP contribution in [0.4, 0.5) is 0 Å². The van der Waals surface area contributed by atoms with E-state index in [4.69, 9.17) is 9.94 Å². The molecule has 0 bridgehead atoms. The molecule has 0 saturated heterocycles. The first-order valence-corrected chi connectivity index (χ1v) is 6.34. The second kappa shape index (κ2) is 5.30. The lowest BCUT2D eigenvalue weighted by atomic mass is 10.1. The van der Waals surface area contributed by atoms with Crippen molar-refractivity contribution in [2.45, 2.75) is 0 Å². The van der Waals surface area contributed by atoms with Gasteiger partial charge in [-0.2, -0.15) is 0 Å². The van der Waals surface area contributed by atoms with Gasteiger partial charge in [-0.25, -0.2) is 5.48 Å². The molecule has 1 amide bonds. The van der Waals surface area contributed by atoms with E-state index in [0.717, 1.165) is 16.6 Å². The summed E-state index contributed by atoms with van der Waals surface area (Å²) in [7, 11) is 1.48. The number of hydroxylamine groups is 1. The summed E-state index contributed by atoms with van der Waals surface area (Å²) in [6, 6.07) is 15.9. The molecule has 105 valence electrons. The van der Waals surface area contributed by atoms with Crippen LogP contribution in [0.2, 0.25) is 0 Å². The largest absolute Gasteiger partial charge is 0.496 e. The topological polar surface area (TPSA) is 63.5 Å². The Labute approximate surface area is 121 Å². The molecule has 0 aliphatic heterocycles. The number of nitrogens with one attached hydrogen (secondary N) is 1. The van der Waals surface area contributed by atoms with E-state index in [1.807, 2.05) is 41.1 Å². The fourth-order valence-electron chi connectivity index (χ4n) is 2.33. The molecule has 1 heterocycles. The van der Waals surface area contributed by atoms with E-state index in [1.165, 1.54) is 7.11 Å². The number of ether oxygens (including phenoxy) is 1. The molecule has 1 radical (unpaired) electrons. The fraction of sp³-hybridized carbons (Fsp3) is 0.0625. The fourth-order valence-corrected chi connectivity index (χ4v) is 2.33. The Morgan fingerprint density at radius 2 is 2.19 bits per heavy atom. The van der Waals surface area contributed by atoms with Gasteiger partial charge in [0.1, 0.15) is 5.75 Å². The Hall–Kier alpha value is -2.79. The van der Waals surface area contributed by atoms with E-state index in [2.05, 4.69) is 6.07 Å². The van der Waals surface area contributed by atoms with Crippen molar-refractivity contribution in [2.75, 3.05) is 7.11 Å². The molecule has 1 aromatic heterocycles. The maximum Gasteiger partial charge on any atom is 0.278 e. The summed E-state index contributed by atoms with van der Waals surface area (Å²) in [5.41, 5.74) is 3.71. The normalized spacial score (nSPS) is 10.6. The summed E-state index contributed by atoms with van der Waals surface area (Å²) in [6.45, 7) is 0. The highest BCUT2D eigenvalue weighted by atomic mass is 16.5. The van der Waals surface area contributed by atoms with Crippen LogP contribution in [0.3, 0.4) is 0 Å². The molecule has 0 saturated carbocycles. The molecule has 2 aromatic carbocycles. The summed E-state index contributed by atoms with van der Waals surface area (Å²) in [4.78, 5) is 11.7.